The third-order valence-corrected chi connectivity index (χ3v) is 2.67. The van der Waals surface area contributed by atoms with Crippen LogP contribution in [0.25, 0.3) is 0 Å². The second kappa shape index (κ2) is 7.85. The highest BCUT2D eigenvalue weighted by atomic mass is 79.9. The molecule has 0 radical (unpaired) electrons. The Hall–Kier alpha value is -1.00. The Morgan fingerprint density at radius 1 is 0.952 bits per heavy atom. The van der Waals surface area contributed by atoms with Gasteiger partial charge in [0.25, 0.3) is 0 Å². The average Bonchev–Trinajstić information content (AvgIpc) is 2.30. The Labute approximate surface area is 123 Å². The van der Waals surface area contributed by atoms with E-state index in [1.165, 1.54) is 0 Å². The molecule has 0 spiro atoms. The third-order valence-electron chi connectivity index (χ3n) is 2.08. The fourth-order valence-corrected chi connectivity index (χ4v) is 1.43. The first-order chi connectivity index (χ1) is 9.37. The van der Waals surface area contributed by atoms with E-state index in [-0.39, 0.29) is 0 Å². The molecule has 2 atom stereocenters. The maximum absolute atomic E-state index is 12.3. The summed E-state index contributed by atoms with van der Waals surface area (Å²) in [4.78, 5) is 22.1. The molecule has 0 aromatic heterocycles. The highest BCUT2D eigenvalue weighted by molar-refractivity contribution is 9.09. The SMILES string of the molecule is CC(OC(=O)CCC(=O)OC(CBr)C(F)(F)F)C(F)(F)F. The summed E-state index contributed by atoms with van der Waals surface area (Å²) < 4.78 is 81.0. The first-order valence-electron chi connectivity index (χ1n) is 5.46. The van der Waals surface area contributed by atoms with Crippen molar-refractivity contribution in [1.82, 2.24) is 0 Å². The highest BCUT2D eigenvalue weighted by Crippen LogP contribution is 2.25. The van der Waals surface area contributed by atoms with Gasteiger partial charge in [-0.15, -0.1) is 0 Å². The number of ether oxygens (including phenoxy) is 2. The van der Waals surface area contributed by atoms with E-state index in [1.54, 1.807) is 0 Å². The van der Waals surface area contributed by atoms with Crippen molar-refractivity contribution in [2.75, 3.05) is 5.33 Å². The van der Waals surface area contributed by atoms with Gasteiger partial charge in [0.05, 0.1) is 12.8 Å². The maximum Gasteiger partial charge on any atom is 0.426 e. The quantitative estimate of drug-likeness (QED) is 0.398. The molecule has 0 aromatic rings. The van der Waals surface area contributed by atoms with Crippen LogP contribution in [0.1, 0.15) is 19.8 Å². The lowest BCUT2D eigenvalue weighted by Crippen LogP contribution is -2.35. The minimum absolute atomic E-state index is 0.584. The van der Waals surface area contributed by atoms with Gasteiger partial charge in [0.2, 0.25) is 6.10 Å². The molecule has 2 unspecified atom stereocenters. The van der Waals surface area contributed by atoms with Crippen molar-refractivity contribution in [1.29, 1.82) is 0 Å². The first-order valence-corrected chi connectivity index (χ1v) is 6.58. The smallest absolute Gasteiger partial charge is 0.426 e. The van der Waals surface area contributed by atoms with E-state index in [1.807, 2.05) is 0 Å². The lowest BCUT2D eigenvalue weighted by Gasteiger charge is -2.18. The zero-order valence-corrected chi connectivity index (χ0v) is 12.1. The van der Waals surface area contributed by atoms with E-state index < -0.39 is 54.7 Å². The Bertz CT molecular complexity index is 368. The minimum Gasteiger partial charge on any atom is -0.453 e. The van der Waals surface area contributed by atoms with Crippen LogP contribution in [-0.4, -0.2) is 41.8 Å². The molecule has 0 saturated heterocycles. The Morgan fingerprint density at radius 3 is 1.71 bits per heavy atom. The molecule has 0 aromatic carbocycles. The lowest BCUT2D eigenvalue weighted by atomic mass is 10.3. The largest absolute Gasteiger partial charge is 0.453 e. The van der Waals surface area contributed by atoms with Gasteiger partial charge in [-0.2, -0.15) is 26.3 Å². The van der Waals surface area contributed by atoms with Gasteiger partial charge < -0.3 is 9.47 Å². The van der Waals surface area contributed by atoms with Gasteiger partial charge in [-0.05, 0) is 6.92 Å². The van der Waals surface area contributed by atoms with Crippen molar-refractivity contribution >= 4 is 27.9 Å². The zero-order chi connectivity index (χ0) is 16.8. The molecule has 0 fully saturated rings. The molecule has 0 heterocycles. The van der Waals surface area contributed by atoms with Crippen LogP contribution in [0.5, 0.6) is 0 Å². The van der Waals surface area contributed by atoms with Crippen LogP contribution in [-0.2, 0) is 19.1 Å². The molecular weight excluding hydrogens is 378 g/mol. The average molecular weight is 389 g/mol. The zero-order valence-electron chi connectivity index (χ0n) is 10.6. The van der Waals surface area contributed by atoms with E-state index in [2.05, 4.69) is 25.4 Å². The summed E-state index contributed by atoms with van der Waals surface area (Å²) in [5, 5.41) is -0.697. The summed E-state index contributed by atoms with van der Waals surface area (Å²) >= 11 is 2.50. The summed E-state index contributed by atoms with van der Waals surface area (Å²) in [7, 11) is 0. The molecule has 0 bridgehead atoms. The number of rotatable bonds is 6. The molecule has 0 saturated carbocycles. The summed E-state index contributed by atoms with van der Waals surface area (Å²) in [6.07, 6.45) is -15.9. The normalized spacial score (nSPS) is 15.2. The molecule has 4 nitrogen and oxygen atoms in total. The van der Waals surface area contributed by atoms with Crippen molar-refractivity contribution in [3.63, 3.8) is 0 Å². The first kappa shape index (κ1) is 20.0. The monoisotopic (exact) mass is 388 g/mol. The predicted octanol–water partition coefficient (Wildman–Crippen LogP) is 3.13. The number of esters is 2. The molecule has 0 amide bonds. The molecule has 11 heteroatoms. The fraction of sp³-hybridized carbons (Fsp3) is 0.800. The van der Waals surface area contributed by atoms with Crippen LogP contribution in [0, 0.1) is 0 Å². The van der Waals surface area contributed by atoms with Crippen molar-refractivity contribution in [3.8, 4) is 0 Å². The van der Waals surface area contributed by atoms with Gasteiger partial charge in [0.15, 0.2) is 6.10 Å². The predicted molar refractivity (Wildman–Crippen MR) is 60.6 cm³/mol. The minimum atomic E-state index is -4.79. The number of alkyl halides is 7. The van der Waals surface area contributed by atoms with E-state index in [0.29, 0.717) is 6.92 Å². The fourth-order valence-electron chi connectivity index (χ4n) is 0.930. The molecule has 0 aliphatic heterocycles. The van der Waals surface area contributed by atoms with Crippen LogP contribution in [0.2, 0.25) is 0 Å². The van der Waals surface area contributed by atoms with Crippen molar-refractivity contribution in [2.45, 2.75) is 44.3 Å². The molecule has 21 heavy (non-hydrogen) atoms. The van der Waals surface area contributed by atoms with E-state index >= 15 is 0 Å². The topological polar surface area (TPSA) is 52.6 Å². The number of carbonyl (C=O) groups excluding carboxylic acids is 2. The summed E-state index contributed by atoms with van der Waals surface area (Å²) in [5.41, 5.74) is 0. The van der Waals surface area contributed by atoms with Gasteiger partial charge in [0, 0.05) is 5.33 Å². The van der Waals surface area contributed by atoms with Crippen molar-refractivity contribution < 1.29 is 45.4 Å². The maximum atomic E-state index is 12.3. The van der Waals surface area contributed by atoms with Gasteiger partial charge in [0.1, 0.15) is 0 Å². The standard InChI is InChI=1S/C10H11BrF6O4/c1-5(9(12,13)14)20-7(18)2-3-8(19)21-6(4-11)10(15,16)17/h5-6H,2-4H2,1H3. The van der Waals surface area contributed by atoms with Gasteiger partial charge >= 0.3 is 24.3 Å². The van der Waals surface area contributed by atoms with Gasteiger partial charge in [-0.1, -0.05) is 15.9 Å². The van der Waals surface area contributed by atoms with E-state index in [0.717, 1.165) is 0 Å². The van der Waals surface area contributed by atoms with E-state index in [4.69, 9.17) is 0 Å². The summed E-state index contributed by atoms with van der Waals surface area (Å²) in [6, 6.07) is 0. The molecule has 0 aliphatic carbocycles. The van der Waals surface area contributed by atoms with Crippen LogP contribution < -0.4 is 0 Å². The van der Waals surface area contributed by atoms with Gasteiger partial charge in [-0.3, -0.25) is 9.59 Å². The molecular formula is C10H11BrF6O4. The Kier molecular flexibility index (Phi) is 7.48. The number of halogens is 7. The second-order valence-corrected chi connectivity index (χ2v) is 4.50. The van der Waals surface area contributed by atoms with Crippen molar-refractivity contribution in [2.24, 2.45) is 0 Å². The Balaban J connectivity index is 4.23. The molecule has 0 rings (SSSR count). The Morgan fingerprint density at radius 2 is 1.38 bits per heavy atom. The van der Waals surface area contributed by atoms with Crippen LogP contribution in [0.3, 0.4) is 0 Å². The number of carbonyl (C=O) groups is 2. The number of hydrogen-bond acceptors (Lipinski definition) is 4. The van der Waals surface area contributed by atoms with Crippen LogP contribution >= 0.6 is 15.9 Å². The molecule has 124 valence electrons. The summed E-state index contributed by atoms with van der Waals surface area (Å²) in [6.45, 7) is 0.584. The molecule has 0 N–H and O–H groups in total. The molecule has 0 aliphatic rings. The third kappa shape index (κ3) is 8.12. The number of hydrogen-bond donors (Lipinski definition) is 0. The lowest BCUT2D eigenvalue weighted by molar-refractivity contribution is -0.218. The summed E-state index contributed by atoms with van der Waals surface area (Å²) in [5.74, 6) is -2.73. The highest BCUT2D eigenvalue weighted by Gasteiger charge is 2.42. The van der Waals surface area contributed by atoms with Crippen molar-refractivity contribution in [3.05, 3.63) is 0 Å². The van der Waals surface area contributed by atoms with Crippen LogP contribution in [0.4, 0.5) is 26.3 Å². The van der Waals surface area contributed by atoms with Crippen LogP contribution in [0.15, 0.2) is 0 Å². The second-order valence-electron chi connectivity index (χ2n) is 3.85. The van der Waals surface area contributed by atoms with Gasteiger partial charge in [-0.25, -0.2) is 0 Å². The van der Waals surface area contributed by atoms with E-state index in [9.17, 15) is 35.9 Å².